The standard InChI is InChI=1S/C22H18F3NO3/c1-22(2)15(11-19(24)25)20(22)21(27)29-18(12-26)13-8-9-16(23)17(10-13)28-14-6-4-3-5-7-14/h3-11,15,18,20H,1-2H3/t15-,18+,20-/m0/s1. The van der Waals surface area contributed by atoms with E-state index in [1.54, 1.807) is 44.2 Å². The summed E-state index contributed by atoms with van der Waals surface area (Å²) in [7, 11) is 0. The lowest BCUT2D eigenvalue weighted by Gasteiger charge is -2.14. The van der Waals surface area contributed by atoms with Crippen molar-refractivity contribution in [2.24, 2.45) is 17.3 Å². The zero-order valence-corrected chi connectivity index (χ0v) is 15.7. The maximum atomic E-state index is 14.1. The normalized spacial score (nSPS) is 20.1. The van der Waals surface area contributed by atoms with Crippen molar-refractivity contribution >= 4 is 5.97 Å². The number of allylic oxidation sites excluding steroid dienone is 1. The van der Waals surface area contributed by atoms with Crippen LogP contribution in [0.15, 0.2) is 60.7 Å². The Kier molecular flexibility index (Phi) is 5.64. The molecule has 0 unspecified atom stereocenters. The minimum atomic E-state index is -1.86. The van der Waals surface area contributed by atoms with Gasteiger partial charge in [0.1, 0.15) is 11.8 Å². The summed E-state index contributed by atoms with van der Waals surface area (Å²) >= 11 is 0. The third-order valence-corrected chi connectivity index (χ3v) is 5.05. The highest BCUT2D eigenvalue weighted by Gasteiger charge is 2.62. The Morgan fingerprint density at radius 3 is 2.52 bits per heavy atom. The van der Waals surface area contributed by atoms with Gasteiger partial charge in [0.25, 0.3) is 6.08 Å². The Morgan fingerprint density at radius 1 is 1.21 bits per heavy atom. The first-order chi connectivity index (χ1) is 13.7. The van der Waals surface area contributed by atoms with Gasteiger partial charge in [0, 0.05) is 11.5 Å². The molecule has 0 aromatic heterocycles. The predicted molar refractivity (Wildman–Crippen MR) is 98.4 cm³/mol. The Balaban J connectivity index is 1.77. The Hall–Kier alpha value is -3.27. The molecule has 0 amide bonds. The van der Waals surface area contributed by atoms with E-state index < -0.39 is 41.2 Å². The lowest BCUT2D eigenvalue weighted by Crippen LogP contribution is -2.14. The lowest BCUT2D eigenvalue weighted by atomic mass is 10.1. The van der Waals surface area contributed by atoms with Crippen LogP contribution in [0.5, 0.6) is 11.5 Å². The number of hydrogen-bond acceptors (Lipinski definition) is 4. The molecular weight excluding hydrogens is 383 g/mol. The number of para-hydroxylation sites is 1. The summed E-state index contributed by atoms with van der Waals surface area (Å²) in [5, 5.41) is 9.43. The summed E-state index contributed by atoms with van der Waals surface area (Å²) in [6.07, 6.45) is -2.45. The third-order valence-electron chi connectivity index (χ3n) is 5.05. The molecule has 0 bridgehead atoms. The maximum absolute atomic E-state index is 14.1. The Labute approximate surface area is 166 Å². The fraction of sp³-hybridized carbons (Fsp3) is 0.273. The van der Waals surface area contributed by atoms with Gasteiger partial charge < -0.3 is 9.47 Å². The predicted octanol–water partition coefficient (Wildman–Crippen LogP) is 5.78. The number of hydrogen-bond donors (Lipinski definition) is 0. The van der Waals surface area contributed by atoms with Crippen LogP contribution in [-0.2, 0) is 9.53 Å². The molecule has 1 aliphatic carbocycles. The van der Waals surface area contributed by atoms with Crippen molar-refractivity contribution in [3.8, 4) is 17.6 Å². The third kappa shape index (κ3) is 4.43. The van der Waals surface area contributed by atoms with Crippen LogP contribution < -0.4 is 4.74 Å². The molecule has 4 nitrogen and oxygen atoms in total. The second-order valence-corrected chi connectivity index (χ2v) is 7.33. The van der Waals surface area contributed by atoms with E-state index in [4.69, 9.17) is 9.47 Å². The summed E-state index contributed by atoms with van der Waals surface area (Å²) in [4.78, 5) is 12.4. The molecule has 0 aliphatic heterocycles. The average Bonchev–Trinajstić information content (AvgIpc) is 3.21. The number of carbonyl (C=O) groups excluding carboxylic acids is 1. The van der Waals surface area contributed by atoms with Crippen LogP contribution in [0.3, 0.4) is 0 Å². The summed E-state index contributed by atoms with van der Waals surface area (Å²) in [6.45, 7) is 3.35. The number of halogens is 3. The molecule has 0 N–H and O–H groups in total. The van der Waals surface area contributed by atoms with Crippen LogP contribution in [0, 0.1) is 34.4 Å². The van der Waals surface area contributed by atoms with Crippen molar-refractivity contribution < 1.29 is 27.4 Å². The number of carbonyl (C=O) groups is 1. The van der Waals surface area contributed by atoms with Gasteiger partial charge in [0.05, 0.1) is 5.92 Å². The number of esters is 1. The van der Waals surface area contributed by atoms with E-state index in [-0.39, 0.29) is 11.3 Å². The first kappa shape index (κ1) is 20.5. The fourth-order valence-electron chi connectivity index (χ4n) is 3.31. The molecule has 0 heterocycles. The van der Waals surface area contributed by atoms with E-state index in [9.17, 15) is 23.2 Å². The highest BCUT2D eigenvalue weighted by molar-refractivity contribution is 5.78. The van der Waals surface area contributed by atoms with E-state index in [0.29, 0.717) is 5.75 Å². The summed E-state index contributed by atoms with van der Waals surface area (Å²) < 4.78 is 50.0. The van der Waals surface area contributed by atoms with Gasteiger partial charge in [-0.1, -0.05) is 38.1 Å². The van der Waals surface area contributed by atoms with E-state index >= 15 is 0 Å². The van der Waals surface area contributed by atoms with E-state index in [0.717, 1.165) is 12.1 Å². The molecule has 1 saturated carbocycles. The minimum Gasteiger partial charge on any atom is -0.454 e. The van der Waals surface area contributed by atoms with Crippen LogP contribution in [-0.4, -0.2) is 5.97 Å². The van der Waals surface area contributed by atoms with Gasteiger partial charge in [0.2, 0.25) is 6.10 Å². The maximum Gasteiger partial charge on any atom is 0.311 e. The van der Waals surface area contributed by atoms with Gasteiger partial charge in [-0.3, -0.25) is 4.79 Å². The number of ether oxygens (including phenoxy) is 2. The van der Waals surface area contributed by atoms with Crippen molar-refractivity contribution in [1.82, 2.24) is 0 Å². The number of nitriles is 1. The molecule has 2 aromatic carbocycles. The molecule has 3 rings (SSSR count). The fourth-order valence-corrected chi connectivity index (χ4v) is 3.31. The molecule has 1 fully saturated rings. The molecule has 1 aliphatic rings. The smallest absolute Gasteiger partial charge is 0.311 e. The van der Waals surface area contributed by atoms with Gasteiger partial charge >= 0.3 is 5.97 Å². The Morgan fingerprint density at radius 2 is 1.90 bits per heavy atom. The van der Waals surface area contributed by atoms with Crippen LogP contribution in [0.25, 0.3) is 0 Å². The topological polar surface area (TPSA) is 59.3 Å². The van der Waals surface area contributed by atoms with Crippen LogP contribution in [0.4, 0.5) is 13.2 Å². The largest absolute Gasteiger partial charge is 0.454 e. The van der Waals surface area contributed by atoms with Gasteiger partial charge in [-0.05, 0) is 35.8 Å². The highest BCUT2D eigenvalue weighted by Crippen LogP contribution is 2.60. The molecule has 7 heteroatoms. The highest BCUT2D eigenvalue weighted by atomic mass is 19.3. The van der Waals surface area contributed by atoms with Crippen molar-refractivity contribution in [1.29, 1.82) is 5.26 Å². The lowest BCUT2D eigenvalue weighted by molar-refractivity contribution is -0.149. The van der Waals surface area contributed by atoms with E-state index in [2.05, 4.69) is 0 Å². The first-order valence-electron chi connectivity index (χ1n) is 8.89. The molecule has 2 aromatic rings. The quantitative estimate of drug-likeness (QED) is 0.576. The molecule has 29 heavy (non-hydrogen) atoms. The van der Waals surface area contributed by atoms with Gasteiger partial charge in [-0.15, -0.1) is 0 Å². The second kappa shape index (κ2) is 8.00. The van der Waals surface area contributed by atoms with Gasteiger partial charge in [-0.25, -0.2) is 4.39 Å². The van der Waals surface area contributed by atoms with Crippen molar-refractivity contribution in [2.45, 2.75) is 20.0 Å². The van der Waals surface area contributed by atoms with Gasteiger partial charge in [-0.2, -0.15) is 14.0 Å². The number of nitrogens with zero attached hydrogens (tertiary/aromatic N) is 1. The second-order valence-electron chi connectivity index (χ2n) is 7.33. The molecule has 3 atom stereocenters. The van der Waals surface area contributed by atoms with E-state index in [1.165, 1.54) is 12.1 Å². The number of benzene rings is 2. The molecule has 0 spiro atoms. The summed E-state index contributed by atoms with van der Waals surface area (Å²) in [5.41, 5.74) is -0.472. The van der Waals surface area contributed by atoms with Crippen molar-refractivity contribution in [2.75, 3.05) is 0 Å². The Bertz CT molecular complexity index is 979. The zero-order chi connectivity index (χ0) is 21.2. The van der Waals surface area contributed by atoms with E-state index in [1.807, 2.05) is 6.07 Å². The molecular formula is C22H18F3NO3. The summed E-state index contributed by atoms with van der Waals surface area (Å²) in [6, 6.07) is 14.0. The van der Waals surface area contributed by atoms with Crippen molar-refractivity contribution in [3.63, 3.8) is 0 Å². The molecule has 0 saturated heterocycles. The van der Waals surface area contributed by atoms with Crippen LogP contribution in [0.1, 0.15) is 25.5 Å². The van der Waals surface area contributed by atoms with Gasteiger partial charge in [0.15, 0.2) is 11.6 Å². The zero-order valence-electron chi connectivity index (χ0n) is 15.7. The first-order valence-corrected chi connectivity index (χ1v) is 8.89. The average molecular weight is 401 g/mol. The molecule has 150 valence electrons. The van der Waals surface area contributed by atoms with Crippen LogP contribution >= 0.6 is 0 Å². The SMILES string of the molecule is CC1(C)[C@H](C(=O)O[C@H](C#N)c2ccc(F)c(Oc3ccccc3)c2)[C@@H]1C=C(F)F. The monoisotopic (exact) mass is 401 g/mol. The number of rotatable bonds is 6. The van der Waals surface area contributed by atoms with Crippen LogP contribution in [0.2, 0.25) is 0 Å². The minimum absolute atomic E-state index is 0.128. The molecule has 0 radical (unpaired) electrons. The summed E-state index contributed by atoms with van der Waals surface area (Å²) in [5.74, 6) is -2.56. The van der Waals surface area contributed by atoms with Crippen molar-refractivity contribution in [3.05, 3.63) is 72.1 Å².